The van der Waals surface area contributed by atoms with Crippen LogP contribution >= 0.6 is 0 Å². The molecule has 0 radical (unpaired) electrons. The number of aryl methyl sites for hydroxylation is 1. The Morgan fingerprint density at radius 3 is 2.35 bits per heavy atom. The number of carbonyl (C=O) groups is 2. The molecular weight excluding hydrogens is 527 g/mol. The number of amides is 1. The van der Waals surface area contributed by atoms with Gasteiger partial charge in [0.25, 0.3) is 0 Å². The molecule has 0 spiro atoms. The molecule has 1 aliphatic rings. The highest BCUT2D eigenvalue weighted by Gasteiger charge is 2.38. The number of hydrogen-bond acceptors (Lipinski definition) is 5. The predicted octanol–water partition coefficient (Wildman–Crippen LogP) is 5.54. The molecule has 1 fully saturated rings. The molecular formula is C29H32F3N3O5. The number of nitrogens with zero attached hydrogens (tertiary/aromatic N) is 2. The summed E-state index contributed by atoms with van der Waals surface area (Å²) in [5.41, 5.74) is -3.04. The van der Waals surface area contributed by atoms with E-state index in [9.17, 15) is 28.3 Å². The number of halogens is 3. The van der Waals surface area contributed by atoms with Crippen LogP contribution in [0.1, 0.15) is 57.0 Å². The van der Waals surface area contributed by atoms with Crippen molar-refractivity contribution in [3.63, 3.8) is 0 Å². The van der Waals surface area contributed by atoms with Gasteiger partial charge in [-0.2, -0.15) is 0 Å². The number of anilines is 1. The van der Waals surface area contributed by atoms with Crippen molar-refractivity contribution in [2.45, 2.75) is 59.1 Å². The molecule has 1 aliphatic heterocycles. The average Bonchev–Trinajstić information content (AvgIpc) is 3.31. The first kappa shape index (κ1) is 29.0. The molecule has 2 N–H and O–H groups in total. The number of benzene rings is 2. The Morgan fingerprint density at radius 2 is 1.75 bits per heavy atom. The van der Waals surface area contributed by atoms with Crippen LogP contribution in [0.25, 0.3) is 16.6 Å². The molecule has 11 heteroatoms. The zero-order chi connectivity index (χ0) is 29.7. The molecule has 0 bridgehead atoms. The minimum atomic E-state index is -1.56. The van der Waals surface area contributed by atoms with Crippen molar-refractivity contribution in [1.82, 2.24) is 9.88 Å². The summed E-state index contributed by atoms with van der Waals surface area (Å²) in [7, 11) is 0. The average molecular weight is 560 g/mol. The summed E-state index contributed by atoms with van der Waals surface area (Å²) >= 11 is 0. The monoisotopic (exact) mass is 559 g/mol. The molecule has 2 heterocycles. The summed E-state index contributed by atoms with van der Waals surface area (Å²) in [5.74, 6) is -4.19. The van der Waals surface area contributed by atoms with E-state index in [1.165, 1.54) is 13.0 Å². The quantitative estimate of drug-likeness (QED) is 0.426. The van der Waals surface area contributed by atoms with E-state index < -0.39 is 51.6 Å². The predicted molar refractivity (Wildman–Crippen MR) is 145 cm³/mol. The van der Waals surface area contributed by atoms with Gasteiger partial charge in [-0.15, -0.1) is 0 Å². The molecule has 8 nitrogen and oxygen atoms in total. The number of fused-ring (bicyclic) bond motifs is 1. The van der Waals surface area contributed by atoms with Gasteiger partial charge in [0.1, 0.15) is 28.6 Å². The van der Waals surface area contributed by atoms with E-state index in [0.29, 0.717) is 25.6 Å². The zero-order valence-electron chi connectivity index (χ0n) is 23.2. The normalized spacial score (nSPS) is 15.9. The first-order chi connectivity index (χ1) is 18.5. The summed E-state index contributed by atoms with van der Waals surface area (Å²) in [4.78, 5) is 39.1. The fraction of sp³-hybridized carbons (Fsp3) is 0.414. The third kappa shape index (κ3) is 5.50. The lowest BCUT2D eigenvalue weighted by atomic mass is 9.87. The Morgan fingerprint density at radius 1 is 1.07 bits per heavy atom. The minimum absolute atomic E-state index is 0.0731. The second kappa shape index (κ2) is 10.2. The molecule has 1 amide bonds. The Kier molecular flexibility index (Phi) is 7.38. The molecule has 1 aromatic heterocycles. The van der Waals surface area contributed by atoms with Gasteiger partial charge >= 0.3 is 12.1 Å². The lowest BCUT2D eigenvalue weighted by Gasteiger charge is -2.34. The van der Waals surface area contributed by atoms with E-state index >= 15 is 4.39 Å². The molecule has 0 saturated carbocycles. The molecule has 1 atom stereocenters. The number of hydrogen-bond donors (Lipinski definition) is 2. The second-order valence-corrected chi connectivity index (χ2v) is 11.7. The fourth-order valence-corrected chi connectivity index (χ4v) is 5.12. The van der Waals surface area contributed by atoms with Crippen LogP contribution in [0.2, 0.25) is 0 Å². The third-order valence-corrected chi connectivity index (χ3v) is 7.22. The number of pyridine rings is 1. The topological polar surface area (TPSA) is 101 Å². The van der Waals surface area contributed by atoms with E-state index in [0.717, 1.165) is 22.9 Å². The van der Waals surface area contributed by atoms with Crippen LogP contribution in [0, 0.1) is 30.3 Å². The van der Waals surface area contributed by atoms with Gasteiger partial charge in [-0.1, -0.05) is 0 Å². The van der Waals surface area contributed by atoms with Crippen molar-refractivity contribution in [3.05, 3.63) is 69.3 Å². The number of carbonyl (C=O) groups excluding carboxylic acids is 1. The van der Waals surface area contributed by atoms with Crippen LogP contribution in [-0.2, 0) is 4.74 Å². The summed E-state index contributed by atoms with van der Waals surface area (Å²) in [6.07, 6.45) is 1.00. The van der Waals surface area contributed by atoms with E-state index in [4.69, 9.17) is 4.74 Å². The molecule has 0 aliphatic carbocycles. The summed E-state index contributed by atoms with van der Waals surface area (Å²) < 4.78 is 50.8. The highest BCUT2D eigenvalue weighted by atomic mass is 19.1. The maximum atomic E-state index is 15.8. The van der Waals surface area contributed by atoms with Crippen molar-refractivity contribution in [2.75, 3.05) is 18.0 Å². The van der Waals surface area contributed by atoms with Gasteiger partial charge in [-0.05, 0) is 66.2 Å². The third-order valence-electron chi connectivity index (χ3n) is 7.22. The highest BCUT2D eigenvalue weighted by molar-refractivity contribution is 5.95. The van der Waals surface area contributed by atoms with Gasteiger partial charge in [0.2, 0.25) is 5.43 Å². The largest absolute Gasteiger partial charge is 0.477 e. The van der Waals surface area contributed by atoms with Crippen molar-refractivity contribution in [1.29, 1.82) is 0 Å². The minimum Gasteiger partial charge on any atom is -0.477 e. The molecule has 40 heavy (non-hydrogen) atoms. The van der Waals surface area contributed by atoms with Gasteiger partial charge in [-0.3, -0.25) is 4.79 Å². The maximum absolute atomic E-state index is 15.8. The Balaban J connectivity index is 1.80. The number of nitrogens with one attached hydrogen (secondary N) is 1. The number of carboxylic acid groups (broad SMARTS) is 1. The lowest BCUT2D eigenvalue weighted by molar-refractivity contribution is 0.0441. The van der Waals surface area contributed by atoms with Gasteiger partial charge in [0, 0.05) is 42.4 Å². The molecule has 214 valence electrons. The molecule has 2 aromatic carbocycles. The van der Waals surface area contributed by atoms with E-state index in [1.54, 1.807) is 25.7 Å². The number of rotatable bonds is 5. The first-order valence-electron chi connectivity index (χ1n) is 12.8. The van der Waals surface area contributed by atoms with Crippen molar-refractivity contribution in [3.8, 4) is 5.69 Å². The van der Waals surface area contributed by atoms with Crippen LogP contribution in [0.4, 0.5) is 23.7 Å². The van der Waals surface area contributed by atoms with E-state index in [2.05, 4.69) is 5.32 Å². The molecule has 4 rings (SSSR count). The highest BCUT2D eigenvalue weighted by Crippen LogP contribution is 2.36. The number of alkyl carbamates (subject to hydrolysis) is 1. The summed E-state index contributed by atoms with van der Waals surface area (Å²) in [6, 6.07) is 4.15. The van der Waals surface area contributed by atoms with Gasteiger partial charge in [0.05, 0.1) is 22.3 Å². The van der Waals surface area contributed by atoms with Crippen molar-refractivity contribution in [2.24, 2.45) is 5.92 Å². The Labute approximate surface area is 229 Å². The van der Waals surface area contributed by atoms with Crippen LogP contribution in [0.3, 0.4) is 0 Å². The van der Waals surface area contributed by atoms with Crippen LogP contribution in [-0.4, -0.2) is 46.0 Å². The SMILES string of the molecule is Cc1c(F)c(N2CC[C@@H](C(C)(C)NC(=O)OC(C)(C)C)C2)cc2c1c(=O)c(C(=O)O)cn2-c1ccc(F)cc1F. The van der Waals surface area contributed by atoms with Crippen molar-refractivity contribution < 1.29 is 32.6 Å². The smallest absolute Gasteiger partial charge is 0.408 e. The van der Waals surface area contributed by atoms with E-state index in [1.807, 2.05) is 13.8 Å². The molecule has 3 aromatic rings. The zero-order valence-corrected chi connectivity index (χ0v) is 23.2. The number of aromatic nitrogens is 1. The summed E-state index contributed by atoms with van der Waals surface area (Å²) in [5, 5.41) is 12.3. The fourth-order valence-electron chi connectivity index (χ4n) is 5.12. The Hall–Kier alpha value is -4.02. The van der Waals surface area contributed by atoms with Gasteiger partial charge < -0.3 is 24.6 Å². The van der Waals surface area contributed by atoms with Crippen LogP contribution < -0.4 is 15.6 Å². The molecule has 1 saturated heterocycles. The van der Waals surface area contributed by atoms with Crippen molar-refractivity contribution >= 4 is 28.7 Å². The van der Waals surface area contributed by atoms with E-state index in [-0.39, 0.29) is 33.8 Å². The number of aromatic carboxylic acids is 1. The lowest BCUT2D eigenvalue weighted by Crippen LogP contribution is -2.51. The maximum Gasteiger partial charge on any atom is 0.408 e. The second-order valence-electron chi connectivity index (χ2n) is 11.7. The first-order valence-corrected chi connectivity index (χ1v) is 12.8. The summed E-state index contributed by atoms with van der Waals surface area (Å²) in [6.45, 7) is 11.1. The van der Waals surface area contributed by atoms with Gasteiger partial charge in [0.15, 0.2) is 0 Å². The van der Waals surface area contributed by atoms with Crippen LogP contribution in [0.15, 0.2) is 35.3 Å². The van der Waals surface area contributed by atoms with Gasteiger partial charge in [-0.25, -0.2) is 22.8 Å². The number of carboxylic acids is 1. The molecule has 0 unspecified atom stereocenters. The number of ether oxygens (including phenoxy) is 1. The Bertz CT molecular complexity index is 1580. The standard InChI is InChI=1S/C29H32F3N3O5/c1-15-23-21(35(14-18(25(23)36)26(37)38)20-8-7-17(30)11-19(20)31)12-22(24(15)32)34-10-9-16(13-34)29(5,6)33-27(39)40-28(2,3)4/h7-8,11-12,14,16H,9-10,13H2,1-6H3,(H,33,39)(H,37,38)/t16-/m1/s1. The van der Waals surface area contributed by atoms with Crippen LogP contribution in [0.5, 0.6) is 0 Å².